The maximum atomic E-state index is 12.5. The second-order valence-corrected chi connectivity index (χ2v) is 9.10. The van der Waals surface area contributed by atoms with Gasteiger partial charge in [0.25, 0.3) is 5.89 Å². The SMILES string of the molecule is O=C(CCS(=O)(=O)c1ccccc1)N1CCC(c2nnc(-c3ccoc3)o2)CC1. The van der Waals surface area contributed by atoms with Gasteiger partial charge in [-0.15, -0.1) is 10.2 Å². The Morgan fingerprint density at radius 2 is 1.86 bits per heavy atom. The highest BCUT2D eigenvalue weighted by Crippen LogP contribution is 2.29. The molecule has 0 aliphatic carbocycles. The highest BCUT2D eigenvalue weighted by Gasteiger charge is 2.28. The lowest BCUT2D eigenvalue weighted by atomic mass is 9.96. The Labute approximate surface area is 168 Å². The van der Waals surface area contributed by atoms with Crippen LogP contribution in [0.5, 0.6) is 0 Å². The number of furan rings is 1. The highest BCUT2D eigenvalue weighted by atomic mass is 32.2. The van der Waals surface area contributed by atoms with Crippen LogP contribution in [0.15, 0.2) is 62.7 Å². The number of benzene rings is 1. The van der Waals surface area contributed by atoms with Crippen LogP contribution < -0.4 is 0 Å². The van der Waals surface area contributed by atoms with Crippen molar-refractivity contribution in [1.29, 1.82) is 0 Å². The summed E-state index contributed by atoms with van der Waals surface area (Å²) in [4.78, 5) is 14.4. The molecule has 0 N–H and O–H groups in total. The van der Waals surface area contributed by atoms with Gasteiger partial charge in [0, 0.05) is 25.4 Å². The lowest BCUT2D eigenvalue weighted by molar-refractivity contribution is -0.131. The molecule has 0 unspecified atom stereocenters. The number of carbonyl (C=O) groups excluding carboxylic acids is 1. The maximum absolute atomic E-state index is 12.5. The molecule has 0 spiro atoms. The van der Waals surface area contributed by atoms with Gasteiger partial charge in [0.1, 0.15) is 6.26 Å². The Hall–Kier alpha value is -2.94. The maximum Gasteiger partial charge on any atom is 0.250 e. The van der Waals surface area contributed by atoms with Gasteiger partial charge >= 0.3 is 0 Å². The third-order valence-electron chi connectivity index (χ3n) is 5.09. The summed E-state index contributed by atoms with van der Waals surface area (Å²) < 4.78 is 35.5. The average molecular weight is 415 g/mol. The molecular weight excluding hydrogens is 394 g/mol. The molecule has 9 heteroatoms. The van der Waals surface area contributed by atoms with Crippen LogP contribution in [0.2, 0.25) is 0 Å². The third-order valence-corrected chi connectivity index (χ3v) is 6.82. The summed E-state index contributed by atoms with van der Waals surface area (Å²) in [5.41, 5.74) is 0.732. The van der Waals surface area contributed by atoms with E-state index in [4.69, 9.17) is 8.83 Å². The largest absolute Gasteiger partial charge is 0.472 e. The molecular formula is C20H21N3O5S. The van der Waals surface area contributed by atoms with Crippen LogP contribution in [0, 0.1) is 0 Å². The number of likely N-dealkylation sites (tertiary alicyclic amines) is 1. The van der Waals surface area contributed by atoms with Crippen molar-refractivity contribution in [2.24, 2.45) is 0 Å². The molecule has 1 fully saturated rings. The first kappa shape index (κ1) is 19.4. The lowest BCUT2D eigenvalue weighted by Gasteiger charge is -2.30. The van der Waals surface area contributed by atoms with Crippen molar-refractivity contribution in [3.8, 4) is 11.5 Å². The molecule has 0 radical (unpaired) electrons. The lowest BCUT2D eigenvalue weighted by Crippen LogP contribution is -2.38. The fourth-order valence-electron chi connectivity index (χ4n) is 3.40. The first-order valence-electron chi connectivity index (χ1n) is 9.44. The first-order valence-corrected chi connectivity index (χ1v) is 11.1. The zero-order chi connectivity index (χ0) is 20.3. The van der Waals surface area contributed by atoms with Gasteiger partial charge in [0.15, 0.2) is 9.84 Å². The zero-order valence-electron chi connectivity index (χ0n) is 15.7. The van der Waals surface area contributed by atoms with E-state index in [-0.39, 0.29) is 28.9 Å². The van der Waals surface area contributed by atoms with E-state index in [0.717, 1.165) is 5.56 Å². The van der Waals surface area contributed by atoms with Gasteiger partial charge < -0.3 is 13.7 Å². The molecule has 3 aromatic rings. The second-order valence-electron chi connectivity index (χ2n) is 6.99. The minimum atomic E-state index is -3.45. The molecule has 1 aliphatic rings. The Kier molecular flexibility index (Phi) is 5.48. The monoisotopic (exact) mass is 415 g/mol. The summed E-state index contributed by atoms with van der Waals surface area (Å²) in [6.07, 6.45) is 4.46. The summed E-state index contributed by atoms with van der Waals surface area (Å²) in [6.45, 7) is 1.08. The van der Waals surface area contributed by atoms with E-state index in [1.807, 2.05) is 0 Å². The number of nitrogens with zero attached hydrogens (tertiary/aromatic N) is 3. The fourth-order valence-corrected chi connectivity index (χ4v) is 4.65. The molecule has 0 bridgehead atoms. The predicted molar refractivity (Wildman–Crippen MR) is 104 cm³/mol. The molecule has 4 rings (SSSR count). The minimum absolute atomic E-state index is 0.0207. The number of carbonyl (C=O) groups is 1. The first-order chi connectivity index (χ1) is 14.0. The van der Waals surface area contributed by atoms with E-state index in [1.165, 1.54) is 0 Å². The van der Waals surface area contributed by atoms with Crippen LogP contribution >= 0.6 is 0 Å². The quantitative estimate of drug-likeness (QED) is 0.609. The number of amides is 1. The molecule has 1 aromatic carbocycles. The summed E-state index contributed by atoms with van der Waals surface area (Å²) in [5.74, 6) is 0.721. The zero-order valence-corrected chi connectivity index (χ0v) is 16.5. The van der Waals surface area contributed by atoms with E-state index >= 15 is 0 Å². The number of rotatable bonds is 6. The number of aromatic nitrogens is 2. The van der Waals surface area contributed by atoms with Crippen molar-refractivity contribution in [3.05, 3.63) is 54.8 Å². The molecule has 0 saturated carbocycles. The van der Waals surface area contributed by atoms with Gasteiger partial charge in [-0.2, -0.15) is 0 Å². The Morgan fingerprint density at radius 1 is 1.10 bits per heavy atom. The van der Waals surface area contributed by atoms with Crippen molar-refractivity contribution < 1.29 is 22.0 Å². The van der Waals surface area contributed by atoms with Crippen LogP contribution in [0.1, 0.15) is 31.1 Å². The molecule has 2 aromatic heterocycles. The summed E-state index contributed by atoms with van der Waals surface area (Å²) in [6, 6.07) is 9.96. The van der Waals surface area contributed by atoms with Gasteiger partial charge in [-0.05, 0) is 31.0 Å². The van der Waals surface area contributed by atoms with Gasteiger partial charge in [-0.1, -0.05) is 18.2 Å². The molecule has 1 amide bonds. The van der Waals surface area contributed by atoms with Crippen molar-refractivity contribution >= 4 is 15.7 Å². The summed E-state index contributed by atoms with van der Waals surface area (Å²) in [5, 5.41) is 8.18. The summed E-state index contributed by atoms with van der Waals surface area (Å²) >= 11 is 0. The molecule has 8 nitrogen and oxygen atoms in total. The predicted octanol–water partition coefficient (Wildman–Crippen LogP) is 2.90. The Morgan fingerprint density at radius 3 is 2.55 bits per heavy atom. The van der Waals surface area contributed by atoms with Crippen molar-refractivity contribution in [2.45, 2.75) is 30.1 Å². The van der Waals surface area contributed by atoms with Gasteiger partial charge in [-0.25, -0.2) is 8.42 Å². The van der Waals surface area contributed by atoms with Gasteiger partial charge in [0.05, 0.1) is 22.5 Å². The number of sulfone groups is 1. The fraction of sp³-hybridized carbons (Fsp3) is 0.350. The normalized spacial score (nSPS) is 15.5. The van der Waals surface area contributed by atoms with Gasteiger partial charge in [-0.3, -0.25) is 4.79 Å². The topological polar surface area (TPSA) is 107 Å². The number of piperidine rings is 1. The molecule has 152 valence electrons. The van der Waals surface area contributed by atoms with Gasteiger partial charge in [0.2, 0.25) is 11.8 Å². The van der Waals surface area contributed by atoms with Crippen molar-refractivity contribution in [3.63, 3.8) is 0 Å². The van der Waals surface area contributed by atoms with Crippen LogP contribution in [0.25, 0.3) is 11.5 Å². The average Bonchev–Trinajstić information content (AvgIpc) is 3.45. The van der Waals surface area contributed by atoms with E-state index in [2.05, 4.69) is 10.2 Å². The molecule has 0 atom stereocenters. The van der Waals surface area contributed by atoms with E-state index in [0.29, 0.717) is 37.7 Å². The van der Waals surface area contributed by atoms with Crippen LogP contribution in [-0.2, 0) is 14.6 Å². The number of hydrogen-bond acceptors (Lipinski definition) is 7. The molecule has 29 heavy (non-hydrogen) atoms. The smallest absolute Gasteiger partial charge is 0.250 e. The van der Waals surface area contributed by atoms with Crippen LogP contribution in [0.3, 0.4) is 0 Å². The van der Waals surface area contributed by atoms with E-state index in [9.17, 15) is 13.2 Å². The second kappa shape index (κ2) is 8.20. The molecule has 1 aliphatic heterocycles. The van der Waals surface area contributed by atoms with Crippen LogP contribution in [-0.4, -0.2) is 48.3 Å². The molecule has 3 heterocycles. The highest BCUT2D eigenvalue weighted by molar-refractivity contribution is 7.91. The Bertz CT molecular complexity index is 1050. The molecule has 1 saturated heterocycles. The van der Waals surface area contributed by atoms with E-state index in [1.54, 1.807) is 53.8 Å². The van der Waals surface area contributed by atoms with Crippen molar-refractivity contribution in [1.82, 2.24) is 15.1 Å². The standard InChI is InChI=1S/C20H21N3O5S/c24-18(9-13-29(25,26)17-4-2-1-3-5-17)23-10-6-15(7-11-23)19-21-22-20(28-19)16-8-12-27-14-16/h1-5,8,12,14-15H,6-7,9-11,13H2. The minimum Gasteiger partial charge on any atom is -0.472 e. The van der Waals surface area contributed by atoms with Crippen molar-refractivity contribution in [2.75, 3.05) is 18.8 Å². The summed E-state index contributed by atoms with van der Waals surface area (Å²) in [7, 11) is -3.45. The number of hydrogen-bond donors (Lipinski definition) is 0. The van der Waals surface area contributed by atoms with E-state index < -0.39 is 9.84 Å². The Balaban J connectivity index is 1.30. The third kappa shape index (κ3) is 4.40. The van der Waals surface area contributed by atoms with Crippen LogP contribution in [0.4, 0.5) is 0 Å².